The smallest absolute Gasteiger partial charge is 0.115 e. The maximum atomic E-state index is 10.2. The van der Waals surface area contributed by atoms with Crippen LogP contribution >= 0.6 is 0 Å². The summed E-state index contributed by atoms with van der Waals surface area (Å²) in [7, 11) is 0. The van der Waals surface area contributed by atoms with E-state index in [1.54, 1.807) is 24.3 Å². The first-order chi connectivity index (χ1) is 6.65. The summed E-state index contributed by atoms with van der Waals surface area (Å²) in [6.07, 6.45) is 4.15. The first kappa shape index (κ1) is 9.28. The highest BCUT2D eigenvalue weighted by atomic mass is 16.3. The summed E-state index contributed by atoms with van der Waals surface area (Å²) in [4.78, 5) is 0. The predicted molar refractivity (Wildman–Crippen MR) is 55.1 cm³/mol. The van der Waals surface area contributed by atoms with E-state index in [0.29, 0.717) is 6.42 Å². The third kappa shape index (κ3) is 1.32. The fourth-order valence-corrected chi connectivity index (χ4v) is 2.10. The first-order valence-corrected chi connectivity index (χ1v) is 4.84. The molecule has 2 rings (SSSR count). The van der Waals surface area contributed by atoms with Crippen LogP contribution in [0.25, 0.3) is 0 Å². The summed E-state index contributed by atoms with van der Waals surface area (Å²) >= 11 is 0. The van der Waals surface area contributed by atoms with Gasteiger partial charge in [0.05, 0.1) is 0 Å². The van der Waals surface area contributed by atoms with E-state index in [0.717, 1.165) is 24.0 Å². The predicted octanol–water partition coefficient (Wildman–Crippen LogP) is 2.10. The number of aliphatic hydroxyl groups is 1. The van der Waals surface area contributed by atoms with Gasteiger partial charge < -0.3 is 10.2 Å². The van der Waals surface area contributed by atoms with Crippen LogP contribution in [0, 0.1) is 0 Å². The van der Waals surface area contributed by atoms with Crippen molar-refractivity contribution in [3.63, 3.8) is 0 Å². The number of hydrogen-bond donors (Lipinski definition) is 2. The number of phenolic OH excluding ortho intramolecular Hbond substituents is 1. The van der Waals surface area contributed by atoms with Crippen molar-refractivity contribution in [3.05, 3.63) is 42.0 Å². The van der Waals surface area contributed by atoms with Gasteiger partial charge in [0.15, 0.2) is 0 Å². The van der Waals surface area contributed by atoms with Gasteiger partial charge in [-0.25, -0.2) is 0 Å². The molecule has 14 heavy (non-hydrogen) atoms. The first-order valence-electron chi connectivity index (χ1n) is 4.84. The number of hydrogen-bond acceptors (Lipinski definition) is 2. The van der Waals surface area contributed by atoms with Crippen LogP contribution in [0.2, 0.25) is 0 Å². The zero-order valence-electron chi connectivity index (χ0n) is 8.03. The minimum Gasteiger partial charge on any atom is -0.508 e. The van der Waals surface area contributed by atoms with Crippen LogP contribution in [0.15, 0.2) is 30.9 Å². The Bertz CT molecular complexity index is 371. The summed E-state index contributed by atoms with van der Waals surface area (Å²) in [5, 5.41) is 19.5. The van der Waals surface area contributed by atoms with Crippen LogP contribution in [0.5, 0.6) is 5.75 Å². The van der Waals surface area contributed by atoms with Crippen molar-refractivity contribution in [2.24, 2.45) is 0 Å². The monoisotopic (exact) mass is 190 g/mol. The molecule has 1 atom stereocenters. The van der Waals surface area contributed by atoms with Crippen molar-refractivity contribution in [2.75, 3.05) is 0 Å². The lowest BCUT2D eigenvalue weighted by atomic mass is 9.79. The van der Waals surface area contributed by atoms with E-state index >= 15 is 0 Å². The third-order valence-electron chi connectivity index (χ3n) is 2.90. The Morgan fingerprint density at radius 3 is 2.93 bits per heavy atom. The molecule has 2 nitrogen and oxygen atoms in total. The second-order valence-corrected chi connectivity index (χ2v) is 3.82. The Morgan fingerprint density at radius 2 is 2.21 bits per heavy atom. The van der Waals surface area contributed by atoms with Gasteiger partial charge in [-0.2, -0.15) is 0 Å². The molecule has 0 spiro atoms. The van der Waals surface area contributed by atoms with E-state index in [2.05, 4.69) is 6.58 Å². The Morgan fingerprint density at radius 1 is 1.43 bits per heavy atom. The summed E-state index contributed by atoms with van der Waals surface area (Å²) < 4.78 is 0. The van der Waals surface area contributed by atoms with E-state index < -0.39 is 5.60 Å². The number of benzene rings is 1. The molecule has 1 aromatic rings. The van der Waals surface area contributed by atoms with Gasteiger partial charge in [-0.15, -0.1) is 0 Å². The molecule has 0 amide bonds. The van der Waals surface area contributed by atoms with Gasteiger partial charge in [0.1, 0.15) is 11.4 Å². The molecule has 1 aliphatic carbocycles. The fourth-order valence-electron chi connectivity index (χ4n) is 2.10. The minimum absolute atomic E-state index is 0.261. The average Bonchev–Trinajstić information content (AvgIpc) is 2.18. The molecule has 0 radical (unpaired) electrons. The van der Waals surface area contributed by atoms with Crippen LogP contribution in [0.4, 0.5) is 0 Å². The highest BCUT2D eigenvalue weighted by Gasteiger charge is 2.31. The molecular weight excluding hydrogens is 176 g/mol. The van der Waals surface area contributed by atoms with Gasteiger partial charge in [-0.3, -0.25) is 0 Å². The Hall–Kier alpha value is -1.28. The SMILES string of the molecule is C=CC1(O)CCCc2cc(O)ccc21. The maximum absolute atomic E-state index is 10.2. The van der Waals surface area contributed by atoms with Crippen LogP contribution in [0.1, 0.15) is 24.0 Å². The minimum atomic E-state index is -0.902. The number of aromatic hydroxyl groups is 1. The van der Waals surface area contributed by atoms with Crippen molar-refractivity contribution in [1.29, 1.82) is 0 Å². The number of phenols is 1. The molecule has 1 aliphatic rings. The van der Waals surface area contributed by atoms with Crippen LogP contribution < -0.4 is 0 Å². The Balaban J connectivity index is 2.55. The summed E-state index contributed by atoms with van der Waals surface area (Å²) in [6, 6.07) is 5.12. The lowest BCUT2D eigenvalue weighted by Gasteiger charge is -2.31. The molecule has 0 saturated carbocycles. The van der Waals surface area contributed by atoms with E-state index in [1.807, 2.05) is 0 Å². The lowest BCUT2D eigenvalue weighted by molar-refractivity contribution is 0.0703. The molecule has 0 aliphatic heterocycles. The zero-order chi connectivity index (χ0) is 10.2. The average molecular weight is 190 g/mol. The van der Waals surface area contributed by atoms with E-state index in [1.165, 1.54) is 0 Å². The maximum Gasteiger partial charge on any atom is 0.115 e. The van der Waals surface area contributed by atoms with Gasteiger partial charge in [0.25, 0.3) is 0 Å². The van der Waals surface area contributed by atoms with Gasteiger partial charge >= 0.3 is 0 Å². The van der Waals surface area contributed by atoms with Crippen molar-refractivity contribution in [3.8, 4) is 5.75 Å². The summed E-state index contributed by atoms with van der Waals surface area (Å²) in [6.45, 7) is 3.66. The highest BCUT2D eigenvalue weighted by Crippen LogP contribution is 2.37. The molecule has 2 N–H and O–H groups in total. The molecule has 0 saturated heterocycles. The molecule has 0 fully saturated rings. The Labute approximate surface area is 83.5 Å². The lowest BCUT2D eigenvalue weighted by Crippen LogP contribution is -2.27. The van der Waals surface area contributed by atoms with Crippen molar-refractivity contribution in [2.45, 2.75) is 24.9 Å². The zero-order valence-corrected chi connectivity index (χ0v) is 8.03. The normalized spacial score (nSPS) is 25.5. The molecule has 1 unspecified atom stereocenters. The molecule has 2 heteroatoms. The second kappa shape index (κ2) is 3.14. The largest absolute Gasteiger partial charge is 0.508 e. The van der Waals surface area contributed by atoms with Gasteiger partial charge in [0, 0.05) is 0 Å². The fraction of sp³-hybridized carbons (Fsp3) is 0.333. The standard InChI is InChI=1S/C12H14O2/c1-2-12(14)7-3-4-9-8-10(13)5-6-11(9)12/h2,5-6,8,13-14H,1,3-4,7H2. The highest BCUT2D eigenvalue weighted by molar-refractivity contribution is 5.42. The molecule has 1 aromatic carbocycles. The van der Waals surface area contributed by atoms with Gasteiger partial charge in [0.2, 0.25) is 0 Å². The van der Waals surface area contributed by atoms with Crippen molar-refractivity contribution >= 4 is 0 Å². The van der Waals surface area contributed by atoms with Gasteiger partial charge in [-0.05, 0) is 42.5 Å². The van der Waals surface area contributed by atoms with E-state index in [4.69, 9.17) is 0 Å². The number of aryl methyl sites for hydroxylation is 1. The quantitative estimate of drug-likeness (QED) is 0.666. The Kier molecular flexibility index (Phi) is 2.08. The molecule has 0 bridgehead atoms. The molecule has 0 aromatic heterocycles. The summed E-state index contributed by atoms with van der Waals surface area (Å²) in [5.74, 6) is 0.261. The van der Waals surface area contributed by atoms with Crippen LogP contribution in [-0.4, -0.2) is 10.2 Å². The van der Waals surface area contributed by atoms with Crippen LogP contribution in [0.3, 0.4) is 0 Å². The van der Waals surface area contributed by atoms with Crippen molar-refractivity contribution in [1.82, 2.24) is 0 Å². The second-order valence-electron chi connectivity index (χ2n) is 3.82. The number of fused-ring (bicyclic) bond motifs is 1. The molecular formula is C12H14O2. The van der Waals surface area contributed by atoms with E-state index in [-0.39, 0.29) is 5.75 Å². The number of rotatable bonds is 1. The molecule has 74 valence electrons. The molecule has 0 heterocycles. The summed E-state index contributed by atoms with van der Waals surface area (Å²) in [5.41, 5.74) is 1.01. The topological polar surface area (TPSA) is 40.5 Å². The van der Waals surface area contributed by atoms with Crippen molar-refractivity contribution < 1.29 is 10.2 Å². The van der Waals surface area contributed by atoms with Crippen LogP contribution in [-0.2, 0) is 12.0 Å². The third-order valence-corrected chi connectivity index (χ3v) is 2.90. The van der Waals surface area contributed by atoms with Gasteiger partial charge in [-0.1, -0.05) is 18.7 Å². The van der Waals surface area contributed by atoms with E-state index in [9.17, 15) is 10.2 Å².